The Hall–Kier alpha value is -3.58. The van der Waals surface area contributed by atoms with Crippen LogP contribution < -0.4 is 15.6 Å². The number of nitrogens with zero attached hydrogens (tertiary/aromatic N) is 2. The number of alkyl halides is 3. The molecule has 0 unspecified atom stereocenters. The number of aliphatic hydroxyl groups is 1. The van der Waals surface area contributed by atoms with Crippen molar-refractivity contribution in [2.24, 2.45) is 5.10 Å². The van der Waals surface area contributed by atoms with Gasteiger partial charge >= 0.3 is 6.18 Å². The molecule has 3 N–H and O–H groups in total. The van der Waals surface area contributed by atoms with Crippen molar-refractivity contribution < 1.29 is 32.6 Å². The van der Waals surface area contributed by atoms with Crippen LogP contribution in [0, 0.1) is 0 Å². The number of morpholine rings is 1. The predicted octanol–water partition coefficient (Wildman–Crippen LogP) is 5.44. The van der Waals surface area contributed by atoms with Gasteiger partial charge in [-0.2, -0.15) is 30.0 Å². The molecule has 0 aromatic heterocycles. The second kappa shape index (κ2) is 14.5. The Morgan fingerprint density at radius 1 is 1.07 bits per heavy atom. The average molecular weight is 621 g/mol. The first-order valence-electron chi connectivity index (χ1n) is 12.9. The number of benzene rings is 3. The van der Waals surface area contributed by atoms with E-state index in [4.69, 9.17) is 21.4 Å². The number of ether oxygens (including phenoxy) is 1. The number of amides is 2. The molecule has 222 valence electrons. The van der Waals surface area contributed by atoms with Gasteiger partial charge in [0.1, 0.15) is 0 Å². The van der Waals surface area contributed by atoms with Crippen molar-refractivity contribution in [2.75, 3.05) is 48.9 Å². The topological polar surface area (TPSA) is 103 Å². The summed E-state index contributed by atoms with van der Waals surface area (Å²) in [5.74, 6) is 0.103. The van der Waals surface area contributed by atoms with Gasteiger partial charge < -0.3 is 20.1 Å². The minimum Gasteiger partial charge on any atom is -0.396 e. The van der Waals surface area contributed by atoms with E-state index >= 15 is 0 Å². The van der Waals surface area contributed by atoms with Crippen molar-refractivity contribution in [2.45, 2.75) is 11.9 Å². The van der Waals surface area contributed by atoms with E-state index in [2.05, 4.69) is 15.8 Å². The Bertz CT molecular complexity index is 1450. The molecule has 3 aromatic rings. The van der Waals surface area contributed by atoms with E-state index in [0.29, 0.717) is 43.4 Å². The number of hydrazone groups is 1. The van der Waals surface area contributed by atoms with Crippen LogP contribution in [0.15, 0.2) is 65.8 Å². The number of hydrogen-bond acceptors (Lipinski definition) is 7. The van der Waals surface area contributed by atoms with E-state index in [1.54, 1.807) is 36.4 Å². The molecule has 13 heteroatoms. The number of thioether (sulfide) groups is 1. The monoisotopic (exact) mass is 620 g/mol. The summed E-state index contributed by atoms with van der Waals surface area (Å²) in [6, 6.07) is 15.4. The highest BCUT2D eigenvalue weighted by molar-refractivity contribution is 7.98. The van der Waals surface area contributed by atoms with Gasteiger partial charge in [-0.15, -0.1) is 0 Å². The lowest BCUT2D eigenvalue weighted by Gasteiger charge is -2.29. The minimum atomic E-state index is -4.64. The molecule has 0 saturated carbocycles. The lowest BCUT2D eigenvalue weighted by molar-refractivity contribution is -0.137. The number of halogens is 4. The second-order valence-corrected chi connectivity index (χ2v) is 10.7. The highest BCUT2D eigenvalue weighted by atomic mass is 35.5. The van der Waals surface area contributed by atoms with Crippen LogP contribution in [0.4, 0.5) is 24.5 Å². The number of rotatable bonds is 10. The molecule has 1 saturated heterocycles. The van der Waals surface area contributed by atoms with Gasteiger partial charge in [-0.1, -0.05) is 29.8 Å². The third-order valence-corrected chi connectivity index (χ3v) is 7.58. The summed E-state index contributed by atoms with van der Waals surface area (Å²) < 4.78 is 45.0. The first-order chi connectivity index (χ1) is 20.2. The Morgan fingerprint density at radius 3 is 2.60 bits per heavy atom. The highest BCUT2D eigenvalue weighted by Crippen LogP contribution is 2.35. The number of carbonyl (C=O) groups excluding carboxylic acids is 2. The normalized spacial score (nSPS) is 13.8. The highest BCUT2D eigenvalue weighted by Gasteiger charge is 2.33. The van der Waals surface area contributed by atoms with Crippen LogP contribution >= 0.6 is 23.4 Å². The van der Waals surface area contributed by atoms with Crippen molar-refractivity contribution in [3.63, 3.8) is 0 Å². The molecule has 4 rings (SSSR count). The molecular formula is C29H28ClF3N4O4S. The van der Waals surface area contributed by atoms with Gasteiger partial charge in [-0.05, 0) is 53.6 Å². The summed E-state index contributed by atoms with van der Waals surface area (Å²) >= 11 is 7.21. The van der Waals surface area contributed by atoms with Crippen LogP contribution in [0.3, 0.4) is 0 Å². The molecule has 1 aliphatic rings. The van der Waals surface area contributed by atoms with Gasteiger partial charge in [0.05, 0.1) is 47.9 Å². The molecule has 0 spiro atoms. The van der Waals surface area contributed by atoms with E-state index in [0.717, 1.165) is 29.6 Å². The SMILES string of the molecule is O=C(Nc1ccc(N2CCOCC2)cc1C(=O)NN=Cc1ccc(Cl)c(C(F)(F)F)c1)c1cccc(CSCCO)c1. The van der Waals surface area contributed by atoms with Gasteiger partial charge in [-0.3, -0.25) is 9.59 Å². The first kappa shape index (κ1) is 31.4. The van der Waals surface area contributed by atoms with Gasteiger partial charge in [0.2, 0.25) is 0 Å². The zero-order valence-corrected chi connectivity index (χ0v) is 23.9. The number of carbonyl (C=O) groups is 2. The maximum Gasteiger partial charge on any atom is 0.417 e. The Balaban J connectivity index is 1.55. The average Bonchev–Trinajstić information content (AvgIpc) is 2.98. The van der Waals surface area contributed by atoms with Gasteiger partial charge in [0, 0.05) is 35.8 Å². The van der Waals surface area contributed by atoms with Crippen LogP contribution in [0.1, 0.15) is 37.4 Å². The number of aliphatic hydroxyl groups excluding tert-OH is 1. The van der Waals surface area contributed by atoms with E-state index in [1.807, 2.05) is 11.0 Å². The lowest BCUT2D eigenvalue weighted by Crippen LogP contribution is -2.36. The summed E-state index contributed by atoms with van der Waals surface area (Å²) in [7, 11) is 0. The molecule has 3 aromatic carbocycles. The Labute approximate surface area is 249 Å². The van der Waals surface area contributed by atoms with Crippen LogP contribution in [0.5, 0.6) is 0 Å². The number of anilines is 2. The molecule has 8 nitrogen and oxygen atoms in total. The summed E-state index contributed by atoms with van der Waals surface area (Å²) in [6.07, 6.45) is -3.57. The largest absolute Gasteiger partial charge is 0.417 e. The maximum atomic E-state index is 13.2. The summed E-state index contributed by atoms with van der Waals surface area (Å²) in [5.41, 5.74) is 3.79. The zero-order chi connectivity index (χ0) is 30.1. The van der Waals surface area contributed by atoms with Gasteiger partial charge in [0.15, 0.2) is 0 Å². The predicted molar refractivity (Wildman–Crippen MR) is 159 cm³/mol. The molecule has 0 bridgehead atoms. The van der Waals surface area contributed by atoms with E-state index in [9.17, 15) is 22.8 Å². The number of nitrogens with one attached hydrogen (secondary N) is 2. The summed E-state index contributed by atoms with van der Waals surface area (Å²) in [5, 5.41) is 15.2. The summed E-state index contributed by atoms with van der Waals surface area (Å²) in [6.45, 7) is 2.35. The van der Waals surface area contributed by atoms with Crippen LogP contribution in [-0.4, -0.2) is 61.8 Å². The fourth-order valence-electron chi connectivity index (χ4n) is 4.16. The third-order valence-electron chi connectivity index (χ3n) is 6.24. The minimum absolute atomic E-state index is 0.0640. The van der Waals surface area contributed by atoms with Crippen LogP contribution in [0.25, 0.3) is 0 Å². The molecule has 42 heavy (non-hydrogen) atoms. The molecule has 1 fully saturated rings. The first-order valence-corrected chi connectivity index (χ1v) is 14.4. The van der Waals surface area contributed by atoms with E-state index in [1.165, 1.54) is 17.8 Å². The van der Waals surface area contributed by atoms with Crippen molar-refractivity contribution in [1.82, 2.24) is 5.43 Å². The summed E-state index contributed by atoms with van der Waals surface area (Å²) in [4.78, 5) is 28.4. The van der Waals surface area contributed by atoms with Crippen molar-refractivity contribution in [3.05, 3.63) is 93.5 Å². The second-order valence-electron chi connectivity index (χ2n) is 9.20. The third kappa shape index (κ3) is 8.48. The Kier molecular flexibility index (Phi) is 10.9. The fourth-order valence-corrected chi connectivity index (χ4v) is 5.08. The molecule has 1 heterocycles. The molecule has 0 aliphatic carbocycles. The zero-order valence-electron chi connectivity index (χ0n) is 22.3. The maximum absolute atomic E-state index is 13.2. The smallest absolute Gasteiger partial charge is 0.396 e. The van der Waals surface area contributed by atoms with Crippen molar-refractivity contribution in [1.29, 1.82) is 0 Å². The fraction of sp³-hybridized carbons (Fsp3) is 0.276. The molecule has 2 amide bonds. The van der Waals surface area contributed by atoms with E-state index in [-0.39, 0.29) is 23.4 Å². The van der Waals surface area contributed by atoms with E-state index < -0.39 is 28.6 Å². The quantitative estimate of drug-likeness (QED) is 0.159. The molecule has 0 atom stereocenters. The Morgan fingerprint density at radius 2 is 1.86 bits per heavy atom. The standard InChI is InChI=1S/C29H28ClF3N4O4S/c30-25-6-4-19(15-24(25)29(31,32)33)17-34-36-28(40)23-16-22(37-8-11-41-12-9-37)5-7-26(23)35-27(39)21-3-1-2-20(14-21)18-42-13-10-38/h1-7,14-17,38H,8-13,18H2,(H,35,39)(H,36,40). The van der Waals surface area contributed by atoms with Gasteiger partial charge in [-0.25, -0.2) is 5.43 Å². The molecular weight excluding hydrogens is 593 g/mol. The number of hydrogen-bond donors (Lipinski definition) is 3. The van der Waals surface area contributed by atoms with Crippen LogP contribution in [-0.2, 0) is 16.7 Å². The van der Waals surface area contributed by atoms with Crippen molar-refractivity contribution in [3.8, 4) is 0 Å². The van der Waals surface area contributed by atoms with Crippen molar-refractivity contribution >= 4 is 52.8 Å². The van der Waals surface area contributed by atoms with Gasteiger partial charge in [0.25, 0.3) is 11.8 Å². The lowest BCUT2D eigenvalue weighted by atomic mass is 10.1. The van der Waals surface area contributed by atoms with Crippen LogP contribution in [0.2, 0.25) is 5.02 Å². The molecule has 0 radical (unpaired) electrons. The molecule has 1 aliphatic heterocycles.